The zero-order valence-electron chi connectivity index (χ0n) is 16.7. The monoisotopic (exact) mass is 394 g/mol. The first-order valence-electron chi connectivity index (χ1n) is 9.86. The van der Waals surface area contributed by atoms with Gasteiger partial charge in [0.25, 0.3) is 0 Å². The van der Waals surface area contributed by atoms with Gasteiger partial charge in [0.15, 0.2) is 0 Å². The maximum Gasteiger partial charge on any atom is 0.222 e. The molecule has 0 aliphatic carbocycles. The second-order valence-corrected chi connectivity index (χ2v) is 6.84. The number of hydrogen-bond acceptors (Lipinski definition) is 6. The Labute approximate surface area is 171 Å². The molecule has 0 unspecified atom stereocenters. The summed E-state index contributed by atoms with van der Waals surface area (Å²) >= 11 is 0. The molecular weight excluding hydrogens is 368 g/mol. The number of anilines is 1. The van der Waals surface area contributed by atoms with Crippen molar-refractivity contribution in [3.8, 4) is 17.6 Å². The Morgan fingerprint density at radius 1 is 1.14 bits per heavy atom. The van der Waals surface area contributed by atoms with E-state index in [-0.39, 0.29) is 5.91 Å². The number of rotatable bonds is 7. The molecule has 1 aromatic carbocycles. The highest BCUT2D eigenvalue weighted by Crippen LogP contribution is 2.19. The van der Waals surface area contributed by atoms with Gasteiger partial charge in [0.05, 0.1) is 19.3 Å². The molecule has 7 nitrogen and oxygen atoms in total. The molecule has 1 aromatic heterocycles. The number of ether oxygens (including phenoxy) is 2. The van der Waals surface area contributed by atoms with Gasteiger partial charge in [-0.1, -0.05) is 0 Å². The number of benzene rings is 1. The van der Waals surface area contributed by atoms with Gasteiger partial charge in [0.2, 0.25) is 5.91 Å². The molecule has 1 amide bonds. The average molecular weight is 394 g/mol. The number of hydrogen-bond donors (Lipinski definition) is 0. The highest BCUT2D eigenvalue weighted by molar-refractivity contribution is 5.76. The molecule has 29 heavy (non-hydrogen) atoms. The number of nitrogens with zero attached hydrogens (tertiary/aromatic N) is 4. The molecule has 2 heterocycles. The van der Waals surface area contributed by atoms with Crippen LogP contribution in [0.5, 0.6) is 11.5 Å². The Balaban J connectivity index is 1.44. The minimum absolute atomic E-state index is 0.145. The van der Waals surface area contributed by atoms with Crippen molar-refractivity contribution in [2.45, 2.75) is 19.3 Å². The fraction of sp³-hybridized carbons (Fsp3) is 0.409. The number of carbonyl (C=O) groups excluding carboxylic acids is 1. The predicted molar refractivity (Wildman–Crippen MR) is 110 cm³/mol. The molecule has 3 rings (SSSR count). The lowest BCUT2D eigenvalue weighted by Gasteiger charge is -2.23. The van der Waals surface area contributed by atoms with E-state index in [4.69, 9.17) is 9.47 Å². The number of nitriles is 1. The van der Waals surface area contributed by atoms with Crippen LogP contribution in [0.15, 0.2) is 42.6 Å². The van der Waals surface area contributed by atoms with E-state index in [1.54, 1.807) is 25.4 Å². The van der Waals surface area contributed by atoms with Crippen LogP contribution >= 0.6 is 0 Å². The molecule has 7 heteroatoms. The van der Waals surface area contributed by atoms with Crippen LogP contribution in [0, 0.1) is 11.3 Å². The summed E-state index contributed by atoms with van der Waals surface area (Å²) in [4.78, 5) is 20.9. The number of amides is 1. The number of carbonyl (C=O) groups is 1. The van der Waals surface area contributed by atoms with E-state index >= 15 is 0 Å². The third-order valence-electron chi connectivity index (χ3n) is 4.92. The van der Waals surface area contributed by atoms with Gasteiger partial charge in [-0.25, -0.2) is 4.98 Å². The first-order chi connectivity index (χ1) is 14.2. The smallest absolute Gasteiger partial charge is 0.222 e. The Hall–Kier alpha value is -3.27. The molecule has 1 fully saturated rings. The van der Waals surface area contributed by atoms with Crippen LogP contribution in [0.3, 0.4) is 0 Å². The van der Waals surface area contributed by atoms with Crippen LogP contribution in [-0.4, -0.2) is 55.7 Å². The third kappa shape index (κ3) is 5.61. The SMILES string of the molecule is COc1ccc(OCCCC(=O)N2CCCN(c3ncccc3C#N)CC2)cc1. The van der Waals surface area contributed by atoms with E-state index in [1.165, 1.54) is 0 Å². The van der Waals surface area contributed by atoms with E-state index in [2.05, 4.69) is 16.0 Å². The van der Waals surface area contributed by atoms with Crippen molar-refractivity contribution in [3.63, 3.8) is 0 Å². The van der Waals surface area contributed by atoms with Crippen LogP contribution in [-0.2, 0) is 4.79 Å². The Bertz CT molecular complexity index is 848. The first-order valence-corrected chi connectivity index (χ1v) is 9.86. The zero-order valence-corrected chi connectivity index (χ0v) is 16.7. The second-order valence-electron chi connectivity index (χ2n) is 6.84. The van der Waals surface area contributed by atoms with Crippen LogP contribution in [0.4, 0.5) is 5.82 Å². The largest absolute Gasteiger partial charge is 0.497 e. The van der Waals surface area contributed by atoms with Crippen LogP contribution in [0.25, 0.3) is 0 Å². The van der Waals surface area contributed by atoms with Crippen molar-refractivity contribution >= 4 is 11.7 Å². The van der Waals surface area contributed by atoms with Crippen molar-refractivity contribution in [1.82, 2.24) is 9.88 Å². The molecule has 0 spiro atoms. The quantitative estimate of drug-likeness (QED) is 0.672. The molecule has 0 N–H and O–H groups in total. The van der Waals surface area contributed by atoms with Gasteiger partial charge in [-0.05, 0) is 49.2 Å². The Morgan fingerprint density at radius 2 is 1.93 bits per heavy atom. The molecule has 0 saturated carbocycles. The van der Waals surface area contributed by atoms with Crippen molar-refractivity contribution in [1.29, 1.82) is 5.26 Å². The summed E-state index contributed by atoms with van der Waals surface area (Å²) in [7, 11) is 1.63. The fourth-order valence-corrected chi connectivity index (χ4v) is 3.36. The summed E-state index contributed by atoms with van der Waals surface area (Å²) in [6.45, 7) is 3.33. The first kappa shape index (κ1) is 20.5. The maximum absolute atomic E-state index is 12.6. The van der Waals surface area contributed by atoms with E-state index in [0.29, 0.717) is 43.9 Å². The Kier molecular flexibility index (Phi) is 7.28. The molecule has 0 atom stereocenters. The van der Waals surface area contributed by atoms with Gasteiger partial charge in [-0.15, -0.1) is 0 Å². The number of aromatic nitrogens is 1. The zero-order chi connectivity index (χ0) is 20.5. The predicted octanol–water partition coefficient (Wildman–Crippen LogP) is 2.86. The molecular formula is C22H26N4O3. The Morgan fingerprint density at radius 3 is 2.69 bits per heavy atom. The summed E-state index contributed by atoms with van der Waals surface area (Å²) in [6, 6.07) is 13.2. The molecule has 0 bridgehead atoms. The van der Waals surface area contributed by atoms with Gasteiger partial charge < -0.3 is 19.3 Å². The van der Waals surface area contributed by atoms with E-state index in [9.17, 15) is 10.1 Å². The highest BCUT2D eigenvalue weighted by atomic mass is 16.5. The normalized spacial score (nSPS) is 14.1. The maximum atomic E-state index is 12.6. The summed E-state index contributed by atoms with van der Waals surface area (Å²) in [5.74, 6) is 2.41. The third-order valence-corrected chi connectivity index (χ3v) is 4.92. The topological polar surface area (TPSA) is 78.7 Å². The molecule has 1 aliphatic heterocycles. The number of methoxy groups -OCH3 is 1. The van der Waals surface area contributed by atoms with Crippen LogP contribution in [0.1, 0.15) is 24.8 Å². The summed E-state index contributed by atoms with van der Waals surface area (Å²) in [5.41, 5.74) is 0.572. The minimum atomic E-state index is 0.145. The molecule has 0 radical (unpaired) electrons. The van der Waals surface area contributed by atoms with Crippen molar-refractivity contribution in [2.24, 2.45) is 0 Å². The van der Waals surface area contributed by atoms with Gasteiger partial charge in [-0.3, -0.25) is 4.79 Å². The van der Waals surface area contributed by atoms with Crippen LogP contribution < -0.4 is 14.4 Å². The lowest BCUT2D eigenvalue weighted by molar-refractivity contribution is -0.131. The molecule has 1 saturated heterocycles. The van der Waals surface area contributed by atoms with Gasteiger partial charge in [0.1, 0.15) is 23.4 Å². The second kappa shape index (κ2) is 10.3. The highest BCUT2D eigenvalue weighted by Gasteiger charge is 2.21. The van der Waals surface area contributed by atoms with Crippen molar-refractivity contribution in [2.75, 3.05) is 44.8 Å². The minimum Gasteiger partial charge on any atom is -0.497 e. The van der Waals surface area contributed by atoms with Crippen LogP contribution in [0.2, 0.25) is 0 Å². The lowest BCUT2D eigenvalue weighted by Crippen LogP contribution is -2.35. The average Bonchev–Trinajstić information content (AvgIpc) is 3.03. The van der Waals surface area contributed by atoms with Crippen molar-refractivity contribution < 1.29 is 14.3 Å². The molecule has 1 aliphatic rings. The number of pyridine rings is 1. The van der Waals surface area contributed by atoms with E-state index < -0.39 is 0 Å². The molecule has 2 aromatic rings. The summed E-state index contributed by atoms with van der Waals surface area (Å²) < 4.78 is 10.8. The lowest BCUT2D eigenvalue weighted by atomic mass is 10.2. The van der Waals surface area contributed by atoms with Gasteiger partial charge >= 0.3 is 0 Å². The summed E-state index contributed by atoms with van der Waals surface area (Å²) in [6.07, 6.45) is 3.69. The van der Waals surface area contributed by atoms with Crippen molar-refractivity contribution in [3.05, 3.63) is 48.2 Å². The van der Waals surface area contributed by atoms with E-state index in [1.807, 2.05) is 29.2 Å². The van der Waals surface area contributed by atoms with Gasteiger partial charge in [-0.2, -0.15) is 5.26 Å². The standard InChI is InChI=1S/C22H26N4O3/c1-28-19-7-9-20(10-8-19)29-16-3-6-21(27)25-12-4-13-26(15-14-25)22-18(17-23)5-2-11-24-22/h2,5,7-11H,3-4,6,12-16H2,1H3. The fourth-order valence-electron chi connectivity index (χ4n) is 3.36. The summed E-state index contributed by atoms with van der Waals surface area (Å²) in [5, 5.41) is 9.29. The molecule has 152 valence electrons. The van der Waals surface area contributed by atoms with E-state index in [0.717, 1.165) is 31.0 Å². The van der Waals surface area contributed by atoms with Gasteiger partial charge in [0, 0.05) is 38.8 Å².